The van der Waals surface area contributed by atoms with Crippen LogP contribution in [0.3, 0.4) is 0 Å². The summed E-state index contributed by atoms with van der Waals surface area (Å²) in [6.45, 7) is 0.421. The van der Waals surface area contributed by atoms with Gasteiger partial charge in [0.25, 0.3) is 0 Å². The summed E-state index contributed by atoms with van der Waals surface area (Å²) in [7, 11) is 0. The number of nitriles is 1. The molecule has 2 aromatic rings. The predicted octanol–water partition coefficient (Wildman–Crippen LogP) is 1.83. The van der Waals surface area contributed by atoms with Crippen LogP contribution in [-0.4, -0.2) is 22.3 Å². The van der Waals surface area contributed by atoms with E-state index in [1.54, 1.807) is 6.33 Å². The van der Waals surface area contributed by atoms with Crippen molar-refractivity contribution in [2.75, 3.05) is 11.6 Å². The van der Waals surface area contributed by atoms with E-state index < -0.39 is 0 Å². The van der Waals surface area contributed by atoms with E-state index in [2.05, 4.69) is 21.0 Å². The molecule has 1 N–H and O–H groups in total. The molecule has 82 valence electrons. The van der Waals surface area contributed by atoms with Crippen molar-refractivity contribution in [2.24, 2.45) is 4.99 Å². The highest BCUT2D eigenvalue weighted by molar-refractivity contribution is 6.14. The van der Waals surface area contributed by atoms with Crippen molar-refractivity contribution >= 4 is 17.2 Å². The molecule has 1 aromatic carbocycles. The van der Waals surface area contributed by atoms with Crippen molar-refractivity contribution in [1.82, 2.24) is 9.97 Å². The minimum atomic E-state index is 0.407. The maximum absolute atomic E-state index is 8.97. The lowest BCUT2D eigenvalue weighted by atomic mass is 10.2. The third-order valence-corrected chi connectivity index (χ3v) is 2.66. The van der Waals surface area contributed by atoms with Crippen molar-refractivity contribution in [3.05, 3.63) is 42.4 Å². The number of aromatic nitrogens is 2. The lowest BCUT2D eigenvalue weighted by molar-refractivity contribution is 0.946. The number of fused-ring (bicyclic) bond motifs is 1. The Balaban J connectivity index is 2.09. The highest BCUT2D eigenvalue weighted by Crippen LogP contribution is 2.28. The quantitative estimate of drug-likeness (QED) is 0.801. The molecule has 0 spiro atoms. The molecule has 0 saturated heterocycles. The third-order valence-electron chi connectivity index (χ3n) is 2.66. The number of rotatable bonds is 1. The number of hydrogen-bond donors (Lipinski definition) is 1. The Kier molecular flexibility index (Phi) is 2.12. The number of benzene rings is 1. The number of para-hydroxylation sites is 1. The molecule has 2 heterocycles. The Morgan fingerprint density at radius 3 is 2.88 bits per heavy atom. The lowest BCUT2D eigenvalue weighted by Gasteiger charge is -2.24. The fourth-order valence-electron chi connectivity index (χ4n) is 1.86. The van der Waals surface area contributed by atoms with Crippen molar-refractivity contribution in [2.45, 2.75) is 0 Å². The van der Waals surface area contributed by atoms with Crippen LogP contribution in [0.1, 0.15) is 5.69 Å². The average Bonchev–Trinajstić information content (AvgIpc) is 2.88. The highest BCUT2D eigenvalue weighted by Gasteiger charge is 2.23. The second-order valence-electron chi connectivity index (χ2n) is 3.62. The van der Waals surface area contributed by atoms with Crippen LogP contribution in [-0.2, 0) is 0 Å². The highest BCUT2D eigenvalue weighted by atomic mass is 15.3. The monoisotopic (exact) mass is 223 g/mol. The Bertz CT molecular complexity index is 605. The number of anilines is 2. The van der Waals surface area contributed by atoms with Crippen LogP contribution in [0.2, 0.25) is 0 Å². The molecule has 0 fully saturated rings. The normalized spacial score (nSPS) is 13.8. The van der Waals surface area contributed by atoms with E-state index in [0.717, 1.165) is 11.5 Å². The molecule has 0 bridgehead atoms. The summed E-state index contributed by atoms with van der Waals surface area (Å²) in [4.78, 5) is 13.4. The molecule has 0 atom stereocenters. The van der Waals surface area contributed by atoms with Gasteiger partial charge in [-0.05, 0) is 12.1 Å². The molecule has 17 heavy (non-hydrogen) atoms. The number of aliphatic imine (C=N–C) groups is 1. The van der Waals surface area contributed by atoms with E-state index in [1.807, 2.05) is 35.2 Å². The van der Waals surface area contributed by atoms with Gasteiger partial charge in [0.2, 0.25) is 0 Å². The number of nitrogens with one attached hydrogen (secondary N) is 1. The van der Waals surface area contributed by atoms with E-state index in [-0.39, 0.29) is 0 Å². The fourth-order valence-corrected chi connectivity index (χ4v) is 1.86. The van der Waals surface area contributed by atoms with Crippen LogP contribution in [0.4, 0.5) is 11.5 Å². The summed E-state index contributed by atoms with van der Waals surface area (Å²) in [5.41, 5.74) is 2.11. The third kappa shape index (κ3) is 1.47. The van der Waals surface area contributed by atoms with Crippen LogP contribution in [0.25, 0.3) is 0 Å². The van der Waals surface area contributed by atoms with E-state index in [1.165, 1.54) is 0 Å². The van der Waals surface area contributed by atoms with Crippen LogP contribution in [0.15, 0.2) is 41.7 Å². The van der Waals surface area contributed by atoms with Gasteiger partial charge in [0, 0.05) is 5.69 Å². The van der Waals surface area contributed by atoms with Gasteiger partial charge in [-0.1, -0.05) is 18.2 Å². The second kappa shape index (κ2) is 3.76. The molecule has 0 amide bonds. The molecule has 0 unspecified atom stereocenters. The van der Waals surface area contributed by atoms with Gasteiger partial charge in [-0.15, -0.1) is 0 Å². The second-order valence-corrected chi connectivity index (χ2v) is 3.62. The van der Waals surface area contributed by atoms with Crippen molar-refractivity contribution < 1.29 is 0 Å². The lowest BCUT2D eigenvalue weighted by Crippen LogP contribution is -2.25. The minimum Gasteiger partial charge on any atom is -0.341 e. The van der Waals surface area contributed by atoms with Gasteiger partial charge in [-0.3, -0.25) is 4.99 Å². The van der Waals surface area contributed by atoms with Gasteiger partial charge in [0.1, 0.15) is 18.4 Å². The number of H-pyrrole nitrogens is 1. The summed E-state index contributed by atoms with van der Waals surface area (Å²) >= 11 is 0. The Labute approximate surface area is 98.1 Å². The zero-order valence-electron chi connectivity index (χ0n) is 8.96. The molecule has 0 aliphatic carbocycles. The first-order valence-electron chi connectivity index (χ1n) is 5.21. The van der Waals surface area contributed by atoms with E-state index in [9.17, 15) is 0 Å². The summed E-state index contributed by atoms with van der Waals surface area (Å²) in [5, 5.41) is 8.97. The van der Waals surface area contributed by atoms with Crippen molar-refractivity contribution in [1.29, 1.82) is 5.26 Å². The number of hydrogen-bond acceptors (Lipinski definition) is 4. The van der Waals surface area contributed by atoms with Crippen LogP contribution in [0, 0.1) is 11.3 Å². The number of aromatic amines is 1. The minimum absolute atomic E-state index is 0.407. The average molecular weight is 223 g/mol. The first-order chi connectivity index (χ1) is 8.40. The van der Waals surface area contributed by atoms with E-state index in [4.69, 9.17) is 5.26 Å². The van der Waals surface area contributed by atoms with Crippen molar-refractivity contribution in [3.8, 4) is 6.07 Å². The first kappa shape index (κ1) is 9.60. The number of nitrogens with zero attached hydrogens (tertiary/aromatic N) is 4. The Hall–Kier alpha value is -2.61. The molecule has 1 aliphatic rings. The Morgan fingerprint density at radius 1 is 1.29 bits per heavy atom. The molecule has 1 aromatic heterocycles. The largest absolute Gasteiger partial charge is 0.341 e. The number of imidazole rings is 1. The zero-order valence-corrected chi connectivity index (χ0v) is 8.96. The van der Waals surface area contributed by atoms with Gasteiger partial charge in [0.05, 0.1) is 6.33 Å². The van der Waals surface area contributed by atoms with Gasteiger partial charge in [0.15, 0.2) is 11.5 Å². The zero-order chi connectivity index (χ0) is 11.7. The van der Waals surface area contributed by atoms with Gasteiger partial charge >= 0.3 is 0 Å². The van der Waals surface area contributed by atoms with Gasteiger partial charge in [-0.25, -0.2) is 4.98 Å². The maximum atomic E-state index is 8.97. The Morgan fingerprint density at radius 2 is 2.12 bits per heavy atom. The summed E-state index contributed by atoms with van der Waals surface area (Å²) < 4.78 is 0. The molecule has 5 heteroatoms. The summed E-state index contributed by atoms with van der Waals surface area (Å²) in [6, 6.07) is 11.9. The summed E-state index contributed by atoms with van der Waals surface area (Å²) in [6.07, 6.45) is 1.58. The molecular formula is C12H9N5. The molecule has 1 aliphatic heterocycles. The molecule has 0 saturated carbocycles. The standard InChI is InChI=1S/C12H9N5/c13-6-10-11-12(15-7-14-11)17(8-16-10)9-4-2-1-3-5-9/h1-5,7H,8H2,(H,14,15). The van der Waals surface area contributed by atoms with Crippen LogP contribution >= 0.6 is 0 Å². The molecule has 5 nitrogen and oxygen atoms in total. The smallest absolute Gasteiger partial charge is 0.164 e. The van der Waals surface area contributed by atoms with Gasteiger partial charge < -0.3 is 9.88 Å². The summed E-state index contributed by atoms with van der Waals surface area (Å²) in [5.74, 6) is 0.753. The van der Waals surface area contributed by atoms with Crippen LogP contribution < -0.4 is 4.90 Å². The van der Waals surface area contributed by atoms with Crippen molar-refractivity contribution in [3.63, 3.8) is 0 Å². The predicted molar refractivity (Wildman–Crippen MR) is 64.2 cm³/mol. The maximum Gasteiger partial charge on any atom is 0.164 e. The van der Waals surface area contributed by atoms with E-state index in [0.29, 0.717) is 18.1 Å². The van der Waals surface area contributed by atoms with Gasteiger partial charge in [-0.2, -0.15) is 5.26 Å². The molecular weight excluding hydrogens is 214 g/mol. The van der Waals surface area contributed by atoms with Crippen LogP contribution in [0.5, 0.6) is 0 Å². The molecule has 3 rings (SSSR count). The first-order valence-corrected chi connectivity index (χ1v) is 5.21. The topological polar surface area (TPSA) is 68.1 Å². The molecule has 0 radical (unpaired) electrons. The SMILES string of the molecule is N#CC1=NCN(c2ccccc2)c2nc[nH]c21. The van der Waals surface area contributed by atoms with E-state index >= 15 is 0 Å². The fraction of sp³-hybridized carbons (Fsp3) is 0.0833.